The van der Waals surface area contributed by atoms with Gasteiger partial charge in [-0.1, -0.05) is 42.5 Å². The van der Waals surface area contributed by atoms with Crippen LogP contribution in [-0.2, 0) is 6.54 Å². The first kappa shape index (κ1) is 12.3. The van der Waals surface area contributed by atoms with E-state index >= 15 is 0 Å². The van der Waals surface area contributed by atoms with Crippen molar-refractivity contribution in [2.45, 2.75) is 19.5 Å². The van der Waals surface area contributed by atoms with Gasteiger partial charge >= 0.3 is 0 Å². The van der Waals surface area contributed by atoms with E-state index in [9.17, 15) is 0 Å². The van der Waals surface area contributed by atoms with Gasteiger partial charge in [0.2, 0.25) is 0 Å². The first-order valence-electron chi connectivity index (χ1n) is 6.43. The van der Waals surface area contributed by atoms with Gasteiger partial charge in [0.05, 0.1) is 11.2 Å². The van der Waals surface area contributed by atoms with Crippen LogP contribution < -0.4 is 5.32 Å². The van der Waals surface area contributed by atoms with E-state index in [0.29, 0.717) is 6.04 Å². The van der Waals surface area contributed by atoms with E-state index in [-0.39, 0.29) is 0 Å². The molecule has 96 valence electrons. The lowest BCUT2D eigenvalue weighted by molar-refractivity contribution is 0.572. The fraction of sp³-hybridized carbons (Fsp3) is 0.188. The molecule has 0 amide bonds. The molecule has 0 bridgehead atoms. The van der Waals surface area contributed by atoms with Gasteiger partial charge in [-0.2, -0.15) is 0 Å². The van der Waals surface area contributed by atoms with Gasteiger partial charge in [-0.15, -0.1) is 11.3 Å². The summed E-state index contributed by atoms with van der Waals surface area (Å²) in [5.41, 5.74) is 4.32. The molecule has 1 N–H and O–H groups in total. The predicted molar refractivity (Wildman–Crippen MR) is 81.3 cm³/mol. The average Bonchev–Trinajstić information content (AvgIpc) is 2.97. The Morgan fingerprint density at radius 1 is 1.16 bits per heavy atom. The van der Waals surface area contributed by atoms with Crippen LogP contribution in [0.2, 0.25) is 0 Å². The maximum Gasteiger partial charge on any atom is 0.0795 e. The lowest BCUT2D eigenvalue weighted by atomic mass is 10.00. The zero-order chi connectivity index (χ0) is 13.1. The number of fused-ring (bicyclic) bond motifs is 1. The molecule has 1 heterocycles. The molecule has 0 aliphatic carbocycles. The second-order valence-corrected chi connectivity index (χ2v) is 5.37. The average molecular weight is 268 g/mol. The Balaban J connectivity index is 1.83. The first-order chi connectivity index (χ1) is 9.34. The maximum absolute atomic E-state index is 4.30. The predicted octanol–water partition coefficient (Wildman–Crippen LogP) is 4.15. The number of nitrogens with zero attached hydrogens (tertiary/aromatic N) is 1. The number of thiazole rings is 1. The molecule has 1 atom stereocenters. The summed E-state index contributed by atoms with van der Waals surface area (Å²) in [5, 5.41) is 8.24. The highest BCUT2D eigenvalue weighted by Gasteiger charge is 2.08. The zero-order valence-electron chi connectivity index (χ0n) is 10.8. The minimum Gasteiger partial charge on any atom is -0.305 e. The van der Waals surface area contributed by atoms with Crippen molar-refractivity contribution in [3.8, 4) is 0 Å². The number of hydrogen-bond donors (Lipinski definition) is 1. The lowest BCUT2D eigenvalue weighted by Gasteiger charge is -2.16. The van der Waals surface area contributed by atoms with Crippen LogP contribution in [-0.4, -0.2) is 4.98 Å². The minimum atomic E-state index is 0.313. The van der Waals surface area contributed by atoms with Crippen molar-refractivity contribution in [2.75, 3.05) is 0 Å². The van der Waals surface area contributed by atoms with E-state index < -0.39 is 0 Å². The second-order valence-electron chi connectivity index (χ2n) is 4.65. The highest BCUT2D eigenvalue weighted by molar-refractivity contribution is 7.07. The molecule has 0 radical (unpaired) electrons. The summed E-state index contributed by atoms with van der Waals surface area (Å²) in [6.07, 6.45) is 0. The summed E-state index contributed by atoms with van der Waals surface area (Å²) >= 11 is 1.64. The SMILES string of the molecule is CC(NCc1cscn1)c1cccc2ccccc12. The van der Waals surface area contributed by atoms with Gasteiger partial charge in [0.25, 0.3) is 0 Å². The molecule has 2 nitrogen and oxygen atoms in total. The summed E-state index contributed by atoms with van der Waals surface area (Å²) in [6.45, 7) is 3.02. The summed E-state index contributed by atoms with van der Waals surface area (Å²) in [5.74, 6) is 0. The van der Waals surface area contributed by atoms with E-state index in [1.165, 1.54) is 16.3 Å². The van der Waals surface area contributed by atoms with E-state index in [1.807, 2.05) is 5.51 Å². The Morgan fingerprint density at radius 2 is 2.00 bits per heavy atom. The van der Waals surface area contributed by atoms with Crippen LogP contribution in [0.3, 0.4) is 0 Å². The molecule has 3 aromatic rings. The van der Waals surface area contributed by atoms with Gasteiger partial charge in [-0.25, -0.2) is 4.98 Å². The molecule has 0 spiro atoms. The number of nitrogens with one attached hydrogen (secondary N) is 1. The van der Waals surface area contributed by atoms with Crippen molar-refractivity contribution in [1.82, 2.24) is 10.3 Å². The molecule has 2 aromatic carbocycles. The van der Waals surface area contributed by atoms with Crippen molar-refractivity contribution in [3.63, 3.8) is 0 Å². The summed E-state index contributed by atoms with van der Waals surface area (Å²) in [7, 11) is 0. The van der Waals surface area contributed by atoms with Gasteiger partial charge in [-0.05, 0) is 23.3 Å². The molecular formula is C16H16N2S. The van der Waals surface area contributed by atoms with Crippen LogP contribution in [0.1, 0.15) is 24.2 Å². The fourth-order valence-electron chi connectivity index (χ4n) is 2.32. The molecule has 0 aliphatic rings. The standard InChI is InChI=1S/C16H16N2S/c1-12(17-9-14-10-19-11-18-14)15-8-4-6-13-5-2-3-7-16(13)15/h2-8,10-12,17H,9H2,1H3. The van der Waals surface area contributed by atoms with Crippen molar-refractivity contribution >= 4 is 22.1 Å². The number of hydrogen-bond acceptors (Lipinski definition) is 3. The lowest BCUT2D eigenvalue weighted by Crippen LogP contribution is -2.18. The normalized spacial score (nSPS) is 12.7. The molecule has 0 aliphatic heterocycles. The Hall–Kier alpha value is -1.71. The van der Waals surface area contributed by atoms with Gasteiger partial charge in [0.15, 0.2) is 0 Å². The molecule has 3 heteroatoms. The minimum absolute atomic E-state index is 0.313. The van der Waals surface area contributed by atoms with Gasteiger partial charge < -0.3 is 5.32 Å². The van der Waals surface area contributed by atoms with E-state index in [4.69, 9.17) is 0 Å². The highest BCUT2D eigenvalue weighted by atomic mass is 32.1. The van der Waals surface area contributed by atoms with Crippen molar-refractivity contribution in [3.05, 3.63) is 64.6 Å². The van der Waals surface area contributed by atoms with Gasteiger partial charge in [-0.3, -0.25) is 0 Å². The van der Waals surface area contributed by atoms with Crippen LogP contribution in [0.5, 0.6) is 0 Å². The Labute approximate surface area is 117 Å². The third kappa shape index (κ3) is 2.67. The Morgan fingerprint density at radius 3 is 2.84 bits per heavy atom. The highest BCUT2D eigenvalue weighted by Crippen LogP contribution is 2.24. The summed E-state index contributed by atoms with van der Waals surface area (Å²) < 4.78 is 0. The third-order valence-corrected chi connectivity index (χ3v) is 4.00. The quantitative estimate of drug-likeness (QED) is 0.769. The second kappa shape index (κ2) is 5.51. The van der Waals surface area contributed by atoms with E-state index in [1.54, 1.807) is 11.3 Å². The van der Waals surface area contributed by atoms with Crippen molar-refractivity contribution in [1.29, 1.82) is 0 Å². The zero-order valence-corrected chi connectivity index (χ0v) is 11.7. The molecule has 1 unspecified atom stereocenters. The van der Waals surface area contributed by atoms with Crippen molar-refractivity contribution in [2.24, 2.45) is 0 Å². The van der Waals surface area contributed by atoms with Crippen LogP contribution in [0.15, 0.2) is 53.4 Å². The topological polar surface area (TPSA) is 24.9 Å². The molecule has 19 heavy (non-hydrogen) atoms. The summed E-state index contributed by atoms with van der Waals surface area (Å²) in [4.78, 5) is 4.30. The van der Waals surface area contributed by atoms with Crippen LogP contribution in [0, 0.1) is 0 Å². The Kier molecular flexibility index (Phi) is 3.58. The Bertz CT molecular complexity index is 656. The van der Waals surface area contributed by atoms with E-state index in [0.717, 1.165) is 12.2 Å². The van der Waals surface area contributed by atoms with Crippen LogP contribution in [0.4, 0.5) is 0 Å². The largest absolute Gasteiger partial charge is 0.305 e. The van der Waals surface area contributed by atoms with Crippen molar-refractivity contribution < 1.29 is 0 Å². The molecular weight excluding hydrogens is 252 g/mol. The maximum atomic E-state index is 4.30. The molecule has 0 fully saturated rings. The monoisotopic (exact) mass is 268 g/mol. The summed E-state index contributed by atoms with van der Waals surface area (Å²) in [6, 6.07) is 15.3. The van der Waals surface area contributed by atoms with E-state index in [2.05, 4.69) is 65.1 Å². The first-order valence-corrected chi connectivity index (χ1v) is 7.37. The van der Waals surface area contributed by atoms with Crippen LogP contribution in [0.25, 0.3) is 10.8 Å². The number of aromatic nitrogens is 1. The smallest absolute Gasteiger partial charge is 0.0795 e. The fourth-order valence-corrected chi connectivity index (χ4v) is 2.88. The number of rotatable bonds is 4. The molecule has 1 aromatic heterocycles. The van der Waals surface area contributed by atoms with Gasteiger partial charge in [0, 0.05) is 18.0 Å². The van der Waals surface area contributed by atoms with Gasteiger partial charge in [0.1, 0.15) is 0 Å². The number of benzene rings is 2. The van der Waals surface area contributed by atoms with Crippen LogP contribution >= 0.6 is 11.3 Å². The third-order valence-electron chi connectivity index (χ3n) is 3.36. The molecule has 0 saturated carbocycles. The molecule has 0 saturated heterocycles. The molecule has 3 rings (SSSR count).